The van der Waals surface area contributed by atoms with E-state index in [0.717, 1.165) is 18.4 Å². The molecule has 134 valence electrons. The minimum atomic E-state index is 0.128. The summed E-state index contributed by atoms with van der Waals surface area (Å²) in [6, 6.07) is 25.6. The van der Waals surface area contributed by atoms with Crippen molar-refractivity contribution < 1.29 is 4.79 Å². The maximum absolute atomic E-state index is 11.9. The molecule has 1 unspecified atom stereocenters. The van der Waals surface area contributed by atoms with Crippen LogP contribution >= 0.6 is 0 Å². The molecule has 1 heteroatoms. The first-order valence-electron chi connectivity index (χ1n) is 9.59. The molecule has 0 aliphatic heterocycles. The van der Waals surface area contributed by atoms with E-state index in [1.807, 2.05) is 6.07 Å². The van der Waals surface area contributed by atoms with Gasteiger partial charge in [0.1, 0.15) is 0 Å². The van der Waals surface area contributed by atoms with Crippen molar-refractivity contribution in [2.45, 2.75) is 32.6 Å². The lowest BCUT2D eigenvalue weighted by Crippen LogP contribution is -2.03. The van der Waals surface area contributed by atoms with E-state index < -0.39 is 0 Å². The van der Waals surface area contributed by atoms with E-state index in [4.69, 9.17) is 0 Å². The molecular weight excluding hydrogens is 328 g/mol. The number of carbonyl (C=O) groups excluding carboxylic acids is 1. The number of Topliss-reactive ketones (excluding diaryl/α,β-unsaturated/α-hetero) is 1. The van der Waals surface area contributed by atoms with E-state index in [1.54, 1.807) is 6.92 Å². The first kappa shape index (κ1) is 17.5. The Morgan fingerprint density at radius 1 is 0.926 bits per heavy atom. The van der Waals surface area contributed by atoms with Gasteiger partial charge < -0.3 is 0 Å². The summed E-state index contributed by atoms with van der Waals surface area (Å²) < 4.78 is 0. The Bertz CT molecular complexity index is 994. The topological polar surface area (TPSA) is 17.1 Å². The van der Waals surface area contributed by atoms with Crippen molar-refractivity contribution in [3.63, 3.8) is 0 Å². The third-order valence-electron chi connectivity index (χ3n) is 5.50. The first-order valence-corrected chi connectivity index (χ1v) is 9.59. The normalized spacial score (nSPS) is 15.3. The number of carbonyl (C=O) groups is 1. The van der Waals surface area contributed by atoms with Gasteiger partial charge in [0.2, 0.25) is 0 Å². The second-order valence-electron chi connectivity index (χ2n) is 7.44. The van der Waals surface area contributed by atoms with Gasteiger partial charge in [-0.25, -0.2) is 0 Å². The largest absolute Gasteiger partial charge is 0.295 e. The van der Waals surface area contributed by atoms with Crippen molar-refractivity contribution in [2.75, 3.05) is 0 Å². The van der Waals surface area contributed by atoms with Crippen molar-refractivity contribution in [2.24, 2.45) is 0 Å². The van der Waals surface area contributed by atoms with E-state index in [1.165, 1.54) is 33.4 Å². The Kier molecular flexibility index (Phi) is 4.77. The molecule has 0 spiro atoms. The quantitative estimate of drug-likeness (QED) is 0.481. The fourth-order valence-corrected chi connectivity index (χ4v) is 3.95. The van der Waals surface area contributed by atoms with Gasteiger partial charge in [-0.2, -0.15) is 0 Å². The summed E-state index contributed by atoms with van der Waals surface area (Å²) in [5, 5.41) is 0. The number of hydrogen-bond acceptors (Lipinski definition) is 1. The van der Waals surface area contributed by atoms with E-state index in [9.17, 15) is 4.79 Å². The zero-order valence-electron chi connectivity index (χ0n) is 15.9. The molecule has 0 radical (unpaired) electrons. The monoisotopic (exact) mass is 352 g/mol. The molecule has 0 saturated heterocycles. The van der Waals surface area contributed by atoms with Crippen LogP contribution in [0, 0.1) is 6.92 Å². The second kappa shape index (κ2) is 7.36. The van der Waals surface area contributed by atoms with Gasteiger partial charge in [-0.3, -0.25) is 4.79 Å². The number of allylic oxidation sites excluding steroid dienone is 1. The smallest absolute Gasteiger partial charge is 0.159 e. The Morgan fingerprint density at radius 2 is 1.67 bits per heavy atom. The molecule has 0 aromatic heterocycles. The zero-order chi connectivity index (χ0) is 18.8. The van der Waals surface area contributed by atoms with Gasteiger partial charge >= 0.3 is 0 Å². The van der Waals surface area contributed by atoms with E-state index >= 15 is 0 Å². The van der Waals surface area contributed by atoms with Crippen LogP contribution < -0.4 is 0 Å². The summed E-state index contributed by atoms with van der Waals surface area (Å²) in [4.78, 5) is 11.9. The highest BCUT2D eigenvalue weighted by Gasteiger charge is 2.26. The summed E-state index contributed by atoms with van der Waals surface area (Å²) >= 11 is 0. The van der Waals surface area contributed by atoms with Crippen molar-refractivity contribution >= 4 is 17.4 Å². The predicted octanol–water partition coefficient (Wildman–Crippen LogP) is 6.47. The SMILES string of the molecule is CC(=O)c1ccc2c(c1)C(CCc1ccc(C)cc1)C(c1ccccc1)=C2. The van der Waals surface area contributed by atoms with Gasteiger partial charge in [-0.15, -0.1) is 0 Å². The van der Waals surface area contributed by atoms with E-state index in [0.29, 0.717) is 5.92 Å². The highest BCUT2D eigenvalue weighted by molar-refractivity contribution is 5.97. The Hall–Kier alpha value is -2.93. The summed E-state index contributed by atoms with van der Waals surface area (Å²) in [5.41, 5.74) is 8.62. The highest BCUT2D eigenvalue weighted by Crippen LogP contribution is 2.44. The third-order valence-corrected chi connectivity index (χ3v) is 5.50. The van der Waals surface area contributed by atoms with Gasteiger partial charge in [0.05, 0.1) is 0 Å². The lowest BCUT2D eigenvalue weighted by molar-refractivity contribution is 0.101. The fraction of sp³-hybridized carbons (Fsp3) is 0.192. The molecule has 1 aliphatic carbocycles. The number of benzene rings is 3. The summed E-state index contributed by atoms with van der Waals surface area (Å²) in [7, 11) is 0. The van der Waals surface area contributed by atoms with Gasteiger partial charge in [-0.1, -0.05) is 78.4 Å². The van der Waals surface area contributed by atoms with Crippen molar-refractivity contribution in [3.05, 3.63) is 106 Å². The van der Waals surface area contributed by atoms with E-state index in [2.05, 4.69) is 79.7 Å². The maximum Gasteiger partial charge on any atom is 0.159 e. The van der Waals surface area contributed by atoms with Crippen LogP contribution in [0.1, 0.15) is 57.4 Å². The molecule has 0 fully saturated rings. The number of fused-ring (bicyclic) bond motifs is 1. The number of aryl methyl sites for hydroxylation is 2. The van der Waals surface area contributed by atoms with Gasteiger partial charge in [-0.05, 0) is 60.6 Å². The number of ketones is 1. The number of hydrogen-bond donors (Lipinski definition) is 0. The summed E-state index contributed by atoms with van der Waals surface area (Å²) in [5.74, 6) is 0.450. The Labute approximate surface area is 161 Å². The van der Waals surface area contributed by atoms with Crippen molar-refractivity contribution in [1.29, 1.82) is 0 Å². The zero-order valence-corrected chi connectivity index (χ0v) is 15.9. The van der Waals surface area contributed by atoms with Crippen LogP contribution in [0.5, 0.6) is 0 Å². The molecule has 1 nitrogen and oxygen atoms in total. The van der Waals surface area contributed by atoms with E-state index in [-0.39, 0.29) is 5.78 Å². The molecule has 3 aromatic carbocycles. The van der Waals surface area contributed by atoms with Crippen LogP contribution in [-0.4, -0.2) is 5.78 Å². The number of rotatable bonds is 5. The molecule has 4 rings (SSSR count). The molecule has 0 amide bonds. The van der Waals surface area contributed by atoms with Crippen LogP contribution in [-0.2, 0) is 6.42 Å². The second-order valence-corrected chi connectivity index (χ2v) is 7.44. The summed E-state index contributed by atoms with van der Waals surface area (Å²) in [6.45, 7) is 3.76. The molecular formula is C26H24O. The first-order chi connectivity index (χ1) is 13.1. The van der Waals surface area contributed by atoms with Crippen LogP contribution in [0.2, 0.25) is 0 Å². The van der Waals surface area contributed by atoms with Gasteiger partial charge in [0.25, 0.3) is 0 Å². The van der Waals surface area contributed by atoms with Crippen LogP contribution in [0.25, 0.3) is 11.6 Å². The van der Waals surface area contributed by atoms with Gasteiger partial charge in [0.15, 0.2) is 5.78 Å². The minimum Gasteiger partial charge on any atom is -0.295 e. The molecule has 1 atom stereocenters. The lowest BCUT2D eigenvalue weighted by Gasteiger charge is -2.18. The molecule has 0 heterocycles. The standard InChI is InChI=1S/C26H24O/c1-18-8-10-20(11-9-18)12-15-24-25(21-6-4-3-5-7-21)17-23-14-13-22(19(2)27)16-26(23)24/h3-11,13-14,16-17,24H,12,15H2,1-2H3. The predicted molar refractivity (Wildman–Crippen MR) is 113 cm³/mol. The molecule has 1 aliphatic rings. The Balaban J connectivity index is 1.68. The highest BCUT2D eigenvalue weighted by atomic mass is 16.1. The molecule has 0 saturated carbocycles. The summed E-state index contributed by atoms with van der Waals surface area (Å²) in [6.07, 6.45) is 4.37. The molecule has 27 heavy (non-hydrogen) atoms. The average molecular weight is 352 g/mol. The third kappa shape index (κ3) is 3.64. The van der Waals surface area contributed by atoms with Gasteiger partial charge in [0, 0.05) is 11.5 Å². The van der Waals surface area contributed by atoms with Crippen LogP contribution in [0.4, 0.5) is 0 Å². The lowest BCUT2D eigenvalue weighted by atomic mass is 9.85. The molecule has 3 aromatic rings. The van der Waals surface area contributed by atoms with Crippen LogP contribution in [0.3, 0.4) is 0 Å². The molecule has 0 bridgehead atoms. The van der Waals surface area contributed by atoms with Crippen molar-refractivity contribution in [3.8, 4) is 0 Å². The average Bonchev–Trinajstić information content (AvgIpc) is 3.06. The van der Waals surface area contributed by atoms with Crippen molar-refractivity contribution in [1.82, 2.24) is 0 Å². The van der Waals surface area contributed by atoms with Crippen LogP contribution in [0.15, 0.2) is 72.8 Å². The minimum absolute atomic E-state index is 0.128. The molecule has 0 N–H and O–H groups in total. The Morgan fingerprint density at radius 3 is 2.37 bits per heavy atom. The maximum atomic E-state index is 11.9. The fourth-order valence-electron chi connectivity index (χ4n) is 3.95.